The quantitative estimate of drug-likeness (QED) is 0.353. The Labute approximate surface area is 189 Å². The Hall–Kier alpha value is -2.31. The Bertz CT molecular complexity index is 1210. The SMILES string of the molecule is Cc1[nH]nc2ccc(-c3cc(OC[C@@H](N)Cc4ccc(Cl)c(Cl)c4)cnc3Cl)cc12. The third-order valence-electron chi connectivity index (χ3n) is 4.82. The summed E-state index contributed by atoms with van der Waals surface area (Å²) in [5, 5.41) is 9.73. The summed E-state index contributed by atoms with van der Waals surface area (Å²) in [5.41, 5.74) is 10.9. The molecule has 2 heterocycles. The van der Waals surface area contributed by atoms with Gasteiger partial charge in [0.2, 0.25) is 0 Å². The van der Waals surface area contributed by atoms with Crippen LogP contribution in [-0.2, 0) is 6.42 Å². The lowest BCUT2D eigenvalue weighted by Crippen LogP contribution is -2.30. The molecule has 1 atom stereocenters. The Kier molecular flexibility index (Phi) is 6.16. The molecule has 2 aromatic heterocycles. The number of H-pyrrole nitrogens is 1. The Morgan fingerprint density at radius 2 is 1.90 bits per heavy atom. The van der Waals surface area contributed by atoms with Crippen molar-refractivity contribution in [2.45, 2.75) is 19.4 Å². The number of halogens is 3. The van der Waals surface area contributed by atoms with Crippen LogP contribution in [0.1, 0.15) is 11.3 Å². The van der Waals surface area contributed by atoms with Crippen molar-refractivity contribution in [1.82, 2.24) is 15.2 Å². The molecule has 0 aliphatic rings. The number of nitrogens with zero attached hydrogens (tertiary/aromatic N) is 2. The number of hydrogen-bond donors (Lipinski definition) is 2. The second kappa shape index (κ2) is 8.82. The van der Waals surface area contributed by atoms with Gasteiger partial charge in [0.25, 0.3) is 0 Å². The summed E-state index contributed by atoms with van der Waals surface area (Å²) in [6.07, 6.45) is 2.21. The average Bonchev–Trinajstić information content (AvgIpc) is 3.10. The monoisotopic (exact) mass is 460 g/mol. The lowest BCUT2D eigenvalue weighted by atomic mass is 10.0. The number of hydrogen-bond acceptors (Lipinski definition) is 4. The molecule has 0 bridgehead atoms. The lowest BCUT2D eigenvalue weighted by Gasteiger charge is -2.14. The van der Waals surface area contributed by atoms with Gasteiger partial charge >= 0.3 is 0 Å². The largest absolute Gasteiger partial charge is 0.490 e. The molecule has 0 aliphatic carbocycles. The van der Waals surface area contributed by atoms with E-state index in [2.05, 4.69) is 15.2 Å². The number of aromatic amines is 1. The minimum Gasteiger partial charge on any atom is -0.490 e. The average molecular weight is 462 g/mol. The summed E-state index contributed by atoms with van der Waals surface area (Å²) in [6.45, 7) is 2.30. The molecule has 8 heteroatoms. The highest BCUT2D eigenvalue weighted by atomic mass is 35.5. The van der Waals surface area contributed by atoms with Crippen LogP contribution < -0.4 is 10.5 Å². The van der Waals surface area contributed by atoms with E-state index in [9.17, 15) is 0 Å². The molecule has 2 aromatic carbocycles. The van der Waals surface area contributed by atoms with Gasteiger partial charge in [-0.3, -0.25) is 5.10 Å². The standard InChI is InChI=1S/C22H19Cl3N4O/c1-12-17-8-14(3-5-21(17)29-28-12)18-9-16(10-27-22(18)25)30-11-15(26)6-13-2-4-19(23)20(24)7-13/h2-5,7-10,15H,6,11,26H2,1H3,(H,28,29)/t15-/m0/s1. The Balaban J connectivity index is 1.48. The summed E-state index contributed by atoms with van der Waals surface area (Å²) < 4.78 is 5.88. The van der Waals surface area contributed by atoms with E-state index in [1.54, 1.807) is 12.3 Å². The van der Waals surface area contributed by atoms with Crippen molar-refractivity contribution in [2.75, 3.05) is 6.61 Å². The van der Waals surface area contributed by atoms with Gasteiger partial charge < -0.3 is 10.5 Å². The van der Waals surface area contributed by atoms with Crippen LogP contribution in [0.15, 0.2) is 48.7 Å². The molecule has 0 spiro atoms. The maximum atomic E-state index is 6.36. The van der Waals surface area contributed by atoms with Gasteiger partial charge in [0.1, 0.15) is 17.5 Å². The smallest absolute Gasteiger partial charge is 0.138 e. The first kappa shape index (κ1) is 20.9. The van der Waals surface area contributed by atoms with Crippen molar-refractivity contribution in [3.63, 3.8) is 0 Å². The van der Waals surface area contributed by atoms with Crippen molar-refractivity contribution < 1.29 is 4.74 Å². The van der Waals surface area contributed by atoms with E-state index in [0.29, 0.717) is 34.0 Å². The summed E-state index contributed by atoms with van der Waals surface area (Å²) in [5.74, 6) is 0.600. The normalized spacial score (nSPS) is 12.3. The first-order valence-corrected chi connectivity index (χ1v) is 10.5. The van der Waals surface area contributed by atoms with Crippen LogP contribution in [0, 0.1) is 6.92 Å². The number of pyridine rings is 1. The predicted molar refractivity (Wildman–Crippen MR) is 123 cm³/mol. The molecule has 5 nitrogen and oxygen atoms in total. The maximum absolute atomic E-state index is 6.36. The minimum absolute atomic E-state index is 0.216. The van der Waals surface area contributed by atoms with Crippen molar-refractivity contribution in [1.29, 1.82) is 0 Å². The van der Waals surface area contributed by atoms with Crippen LogP contribution in [0.4, 0.5) is 0 Å². The summed E-state index contributed by atoms with van der Waals surface area (Å²) in [6, 6.07) is 13.1. The number of rotatable bonds is 6. The molecule has 0 saturated carbocycles. The maximum Gasteiger partial charge on any atom is 0.138 e. The predicted octanol–water partition coefficient (Wildman–Crippen LogP) is 5.84. The van der Waals surface area contributed by atoms with E-state index in [4.69, 9.17) is 45.3 Å². The van der Waals surface area contributed by atoms with Crippen LogP contribution in [0.25, 0.3) is 22.0 Å². The molecular weight excluding hydrogens is 443 g/mol. The topological polar surface area (TPSA) is 76.8 Å². The Morgan fingerprint density at radius 1 is 1.07 bits per heavy atom. The molecule has 4 rings (SSSR count). The molecule has 0 amide bonds. The van der Waals surface area contributed by atoms with Crippen LogP contribution >= 0.6 is 34.8 Å². The molecule has 0 radical (unpaired) electrons. The highest BCUT2D eigenvalue weighted by Gasteiger charge is 2.12. The van der Waals surface area contributed by atoms with Gasteiger partial charge in [0.15, 0.2) is 0 Å². The van der Waals surface area contributed by atoms with Crippen molar-refractivity contribution in [3.05, 3.63) is 75.1 Å². The van der Waals surface area contributed by atoms with Gasteiger partial charge in [-0.1, -0.05) is 46.9 Å². The molecule has 0 unspecified atom stereocenters. The zero-order valence-electron chi connectivity index (χ0n) is 16.1. The zero-order valence-corrected chi connectivity index (χ0v) is 18.4. The van der Waals surface area contributed by atoms with Gasteiger partial charge in [0, 0.05) is 22.7 Å². The van der Waals surface area contributed by atoms with Crippen LogP contribution in [0.5, 0.6) is 5.75 Å². The molecule has 154 valence electrons. The van der Waals surface area contributed by atoms with Crippen molar-refractivity contribution >= 4 is 45.7 Å². The van der Waals surface area contributed by atoms with E-state index >= 15 is 0 Å². The summed E-state index contributed by atoms with van der Waals surface area (Å²) in [4.78, 5) is 4.27. The molecule has 30 heavy (non-hydrogen) atoms. The molecule has 0 aliphatic heterocycles. The third kappa shape index (κ3) is 4.55. The fourth-order valence-corrected chi connectivity index (χ4v) is 3.78. The second-order valence-corrected chi connectivity index (χ2v) is 8.29. The second-order valence-electron chi connectivity index (χ2n) is 7.11. The van der Waals surface area contributed by atoms with Gasteiger partial charge in [-0.2, -0.15) is 5.10 Å². The van der Waals surface area contributed by atoms with E-state index in [1.165, 1.54) is 0 Å². The van der Waals surface area contributed by atoms with E-state index in [1.807, 2.05) is 43.3 Å². The van der Waals surface area contributed by atoms with Gasteiger partial charge in [-0.25, -0.2) is 4.98 Å². The number of aryl methyl sites for hydroxylation is 1. The Morgan fingerprint density at radius 3 is 2.70 bits per heavy atom. The number of fused-ring (bicyclic) bond motifs is 1. The number of aromatic nitrogens is 3. The summed E-state index contributed by atoms with van der Waals surface area (Å²) in [7, 11) is 0. The molecule has 0 saturated heterocycles. The van der Waals surface area contributed by atoms with Crippen molar-refractivity contribution in [3.8, 4) is 16.9 Å². The van der Waals surface area contributed by atoms with Gasteiger partial charge in [-0.15, -0.1) is 0 Å². The summed E-state index contributed by atoms with van der Waals surface area (Å²) >= 11 is 18.4. The van der Waals surface area contributed by atoms with Crippen molar-refractivity contribution in [2.24, 2.45) is 5.73 Å². The molecular formula is C22H19Cl3N4O. The van der Waals surface area contributed by atoms with Crippen LogP contribution in [0.3, 0.4) is 0 Å². The fraction of sp³-hybridized carbons (Fsp3) is 0.182. The highest BCUT2D eigenvalue weighted by molar-refractivity contribution is 6.42. The lowest BCUT2D eigenvalue weighted by molar-refractivity contribution is 0.287. The van der Waals surface area contributed by atoms with Gasteiger partial charge in [-0.05, 0) is 54.8 Å². The first-order valence-electron chi connectivity index (χ1n) is 9.33. The number of nitrogens with two attached hydrogens (primary N) is 1. The highest BCUT2D eigenvalue weighted by Crippen LogP contribution is 2.32. The number of benzene rings is 2. The number of nitrogens with one attached hydrogen (secondary N) is 1. The molecule has 4 aromatic rings. The van der Waals surface area contributed by atoms with E-state index < -0.39 is 0 Å². The van der Waals surface area contributed by atoms with E-state index in [0.717, 1.165) is 33.3 Å². The van der Waals surface area contributed by atoms with Crippen LogP contribution in [-0.4, -0.2) is 27.8 Å². The first-order chi connectivity index (χ1) is 14.4. The van der Waals surface area contributed by atoms with E-state index in [-0.39, 0.29) is 6.04 Å². The zero-order chi connectivity index (χ0) is 21.3. The number of ether oxygens (including phenoxy) is 1. The van der Waals surface area contributed by atoms with Gasteiger partial charge in [0.05, 0.1) is 21.8 Å². The minimum atomic E-state index is -0.216. The third-order valence-corrected chi connectivity index (χ3v) is 5.86. The molecule has 3 N–H and O–H groups in total. The van der Waals surface area contributed by atoms with Crippen LogP contribution in [0.2, 0.25) is 15.2 Å². The molecule has 0 fully saturated rings. The fourth-order valence-electron chi connectivity index (χ4n) is 3.25.